The second-order valence-electron chi connectivity index (χ2n) is 7.18. The number of thiazole rings is 1. The number of hydrogen-bond acceptors (Lipinski definition) is 7. The molecule has 2 heterocycles. The second-order valence-corrected chi connectivity index (χ2v) is 8.24. The zero-order chi connectivity index (χ0) is 22.9. The van der Waals surface area contributed by atoms with Crippen LogP contribution in [-0.4, -0.2) is 48.9 Å². The van der Waals surface area contributed by atoms with Crippen LogP contribution in [0.25, 0.3) is 12.2 Å². The number of hydrogen-bond donors (Lipinski definition) is 1. The van der Waals surface area contributed by atoms with Gasteiger partial charge in [0.2, 0.25) is 5.91 Å². The Hall–Kier alpha value is -2.91. The molecule has 8 nitrogen and oxygen atoms in total. The van der Waals surface area contributed by atoms with Crippen LogP contribution in [0.5, 0.6) is 5.75 Å². The molecule has 0 spiro atoms. The molecule has 0 bridgehead atoms. The van der Waals surface area contributed by atoms with Crippen LogP contribution in [0.15, 0.2) is 29.1 Å². The minimum Gasteiger partial charge on any atom is -0.494 e. The van der Waals surface area contributed by atoms with E-state index in [1.54, 1.807) is 13.0 Å². The lowest BCUT2D eigenvalue weighted by Crippen LogP contribution is -2.40. The molecular formula is C23H28N2O6S. The van der Waals surface area contributed by atoms with Crippen LogP contribution in [-0.2, 0) is 25.6 Å². The molecule has 1 aromatic carbocycles. The summed E-state index contributed by atoms with van der Waals surface area (Å²) in [5.74, 6) is -0.131. The van der Waals surface area contributed by atoms with Crippen molar-refractivity contribution < 1.29 is 23.8 Å². The average molecular weight is 461 g/mol. The van der Waals surface area contributed by atoms with Crippen LogP contribution in [0.1, 0.15) is 32.3 Å². The number of amides is 1. The van der Waals surface area contributed by atoms with Gasteiger partial charge >= 0.3 is 5.97 Å². The number of nitrogens with zero attached hydrogens (tertiary/aromatic N) is 1. The summed E-state index contributed by atoms with van der Waals surface area (Å²) in [4.78, 5) is 37.5. The summed E-state index contributed by atoms with van der Waals surface area (Å²) in [5.41, 5.74) is 0.469. The summed E-state index contributed by atoms with van der Waals surface area (Å²) in [6.07, 6.45) is 4.87. The Morgan fingerprint density at radius 1 is 1.25 bits per heavy atom. The molecule has 0 radical (unpaired) electrons. The highest BCUT2D eigenvalue weighted by Gasteiger charge is 2.17. The fraction of sp³-hybridized carbons (Fsp3) is 0.435. The molecule has 1 fully saturated rings. The van der Waals surface area contributed by atoms with Crippen LogP contribution in [0.3, 0.4) is 0 Å². The van der Waals surface area contributed by atoms with Crippen molar-refractivity contribution in [2.45, 2.75) is 39.3 Å². The summed E-state index contributed by atoms with van der Waals surface area (Å²) in [5, 5.41) is 2.81. The van der Waals surface area contributed by atoms with Gasteiger partial charge in [0.25, 0.3) is 5.56 Å². The van der Waals surface area contributed by atoms with Crippen molar-refractivity contribution in [3.05, 3.63) is 49.4 Å². The van der Waals surface area contributed by atoms with E-state index in [9.17, 15) is 14.4 Å². The number of esters is 1. The minimum absolute atomic E-state index is 0.00673. The van der Waals surface area contributed by atoms with Crippen molar-refractivity contribution in [3.63, 3.8) is 0 Å². The molecule has 0 saturated carbocycles. The van der Waals surface area contributed by atoms with Crippen LogP contribution in [0.4, 0.5) is 0 Å². The van der Waals surface area contributed by atoms with Gasteiger partial charge < -0.3 is 19.5 Å². The number of rotatable bonds is 9. The molecule has 1 saturated heterocycles. The van der Waals surface area contributed by atoms with E-state index in [-0.39, 0.29) is 30.7 Å². The lowest BCUT2D eigenvalue weighted by molar-refractivity contribution is -0.135. The van der Waals surface area contributed by atoms with Crippen molar-refractivity contribution in [3.8, 4) is 5.75 Å². The lowest BCUT2D eigenvalue weighted by atomic mass is 10.2. The molecule has 1 unspecified atom stereocenters. The number of nitrogens with one attached hydrogen (secondary N) is 1. The standard InChI is InChI=1S/C23H28N2O6S/c1-3-29-17-9-7-16(8-10-17)12-19-23(28)25(21(32-19)13-22(27)30-4-2)15-20(26)24-14-18-6-5-11-31-18/h7-10,12-13,18H,3-6,11,14-15H2,1-2H3,(H,24,26)/b19-12-,21-13-. The zero-order valence-corrected chi connectivity index (χ0v) is 19.1. The fourth-order valence-corrected chi connectivity index (χ4v) is 4.32. The third-order valence-corrected chi connectivity index (χ3v) is 5.87. The first kappa shape index (κ1) is 23.7. The van der Waals surface area contributed by atoms with E-state index in [4.69, 9.17) is 14.2 Å². The largest absolute Gasteiger partial charge is 0.494 e. The normalized spacial score (nSPS) is 16.9. The van der Waals surface area contributed by atoms with Gasteiger partial charge in [-0.1, -0.05) is 12.1 Å². The van der Waals surface area contributed by atoms with Crippen LogP contribution in [0.2, 0.25) is 0 Å². The lowest BCUT2D eigenvalue weighted by Gasteiger charge is -2.10. The summed E-state index contributed by atoms with van der Waals surface area (Å²) in [7, 11) is 0. The molecule has 2 aromatic rings. The number of aromatic nitrogens is 1. The second kappa shape index (κ2) is 11.6. The molecule has 9 heteroatoms. The monoisotopic (exact) mass is 460 g/mol. The summed E-state index contributed by atoms with van der Waals surface area (Å²) < 4.78 is 18.0. The molecular weight excluding hydrogens is 432 g/mol. The number of benzene rings is 1. The molecule has 3 rings (SSSR count). The van der Waals surface area contributed by atoms with Crippen LogP contribution >= 0.6 is 11.3 Å². The predicted molar refractivity (Wildman–Crippen MR) is 122 cm³/mol. The topological polar surface area (TPSA) is 95.9 Å². The third-order valence-electron chi connectivity index (χ3n) is 4.81. The van der Waals surface area contributed by atoms with E-state index < -0.39 is 5.97 Å². The molecule has 32 heavy (non-hydrogen) atoms. The van der Waals surface area contributed by atoms with Gasteiger partial charge in [0.15, 0.2) is 0 Å². The van der Waals surface area contributed by atoms with Crippen molar-refractivity contribution in [2.24, 2.45) is 0 Å². The maximum atomic E-state index is 13.0. The maximum absolute atomic E-state index is 13.0. The smallest absolute Gasteiger partial charge is 0.333 e. The van der Waals surface area contributed by atoms with Gasteiger partial charge in [0, 0.05) is 13.2 Å². The summed E-state index contributed by atoms with van der Waals surface area (Å²) in [6.45, 7) is 5.32. The van der Waals surface area contributed by atoms with Crippen molar-refractivity contribution in [1.82, 2.24) is 9.88 Å². The van der Waals surface area contributed by atoms with Gasteiger partial charge in [-0.05, 0) is 50.5 Å². The molecule has 0 aliphatic carbocycles. The zero-order valence-electron chi connectivity index (χ0n) is 18.3. The van der Waals surface area contributed by atoms with E-state index in [0.717, 1.165) is 35.5 Å². The van der Waals surface area contributed by atoms with Crippen LogP contribution < -0.4 is 24.8 Å². The van der Waals surface area contributed by atoms with Gasteiger partial charge in [0.1, 0.15) is 17.0 Å². The maximum Gasteiger partial charge on any atom is 0.333 e. The van der Waals surface area contributed by atoms with Gasteiger partial charge in [-0.3, -0.25) is 14.2 Å². The molecule has 1 amide bonds. The first-order valence-electron chi connectivity index (χ1n) is 10.7. The first-order chi connectivity index (χ1) is 15.5. The molecule has 1 aliphatic rings. The Labute approximate surface area is 190 Å². The summed E-state index contributed by atoms with van der Waals surface area (Å²) >= 11 is 1.14. The Kier molecular flexibility index (Phi) is 8.64. The quantitative estimate of drug-likeness (QED) is 0.556. The highest BCUT2D eigenvalue weighted by atomic mass is 32.1. The van der Waals surface area contributed by atoms with Gasteiger partial charge in [-0.15, -0.1) is 11.3 Å². The fourth-order valence-electron chi connectivity index (χ4n) is 3.29. The Morgan fingerprint density at radius 3 is 2.69 bits per heavy atom. The van der Waals surface area contributed by atoms with E-state index in [0.29, 0.717) is 29.0 Å². The predicted octanol–water partition coefficient (Wildman–Crippen LogP) is 0.776. The molecule has 172 valence electrons. The van der Waals surface area contributed by atoms with Gasteiger partial charge in [-0.25, -0.2) is 4.79 Å². The van der Waals surface area contributed by atoms with E-state index in [1.165, 1.54) is 10.6 Å². The molecule has 1 atom stereocenters. The van der Waals surface area contributed by atoms with E-state index in [1.807, 2.05) is 31.2 Å². The minimum atomic E-state index is -0.560. The van der Waals surface area contributed by atoms with Crippen molar-refractivity contribution in [1.29, 1.82) is 0 Å². The number of carbonyl (C=O) groups excluding carboxylic acids is 2. The first-order valence-corrected chi connectivity index (χ1v) is 11.5. The number of ether oxygens (including phenoxy) is 3. The highest BCUT2D eigenvalue weighted by Crippen LogP contribution is 2.12. The van der Waals surface area contributed by atoms with Gasteiger partial charge in [-0.2, -0.15) is 0 Å². The third kappa shape index (κ3) is 6.54. The molecule has 1 aromatic heterocycles. The SMILES string of the molecule is CCOC(=O)/C=c1\s/c(=C\c2ccc(OCC)cc2)c(=O)n1CC(=O)NCC1CCCO1. The number of carbonyl (C=O) groups is 2. The van der Waals surface area contributed by atoms with Crippen molar-refractivity contribution >= 4 is 35.4 Å². The van der Waals surface area contributed by atoms with Crippen LogP contribution in [0, 0.1) is 0 Å². The Morgan fingerprint density at radius 2 is 2.03 bits per heavy atom. The van der Waals surface area contributed by atoms with E-state index in [2.05, 4.69) is 5.32 Å². The highest BCUT2D eigenvalue weighted by molar-refractivity contribution is 7.07. The summed E-state index contributed by atoms with van der Waals surface area (Å²) in [6, 6.07) is 7.34. The average Bonchev–Trinajstić information content (AvgIpc) is 3.38. The Balaban J connectivity index is 1.88. The van der Waals surface area contributed by atoms with E-state index >= 15 is 0 Å². The Bertz CT molecular complexity index is 1100. The van der Waals surface area contributed by atoms with Gasteiger partial charge in [0.05, 0.1) is 29.9 Å². The van der Waals surface area contributed by atoms with Crippen molar-refractivity contribution in [2.75, 3.05) is 26.4 Å². The molecule has 1 N–H and O–H groups in total. The molecule has 1 aliphatic heterocycles.